The molecule has 0 aliphatic heterocycles. The van der Waals surface area contributed by atoms with Gasteiger partial charge in [-0.15, -0.1) is 0 Å². The topological polar surface area (TPSA) is 12.0 Å². The number of hydrogen-bond acceptors (Lipinski definition) is 1. The third-order valence-corrected chi connectivity index (χ3v) is 4.17. The van der Waals surface area contributed by atoms with Gasteiger partial charge in [0.15, 0.2) is 0 Å². The average molecular weight is 302 g/mol. The minimum absolute atomic E-state index is 0.310. The summed E-state index contributed by atoms with van der Waals surface area (Å²) in [5.41, 5.74) is 5.06. The largest absolute Gasteiger partial charge is 0.310 e. The highest BCUT2D eigenvalue weighted by Crippen LogP contribution is 2.24. The molecule has 0 aliphatic carbocycles. The molecule has 1 atom stereocenters. The first-order valence-electron chi connectivity index (χ1n) is 7.65. The lowest BCUT2D eigenvalue weighted by molar-refractivity contribution is 0.529. The molecule has 1 unspecified atom stereocenters. The van der Waals surface area contributed by atoms with Gasteiger partial charge < -0.3 is 5.32 Å². The van der Waals surface area contributed by atoms with E-state index in [0.29, 0.717) is 6.04 Å². The van der Waals surface area contributed by atoms with Crippen molar-refractivity contribution in [3.63, 3.8) is 0 Å². The minimum atomic E-state index is 0.310. The molecule has 2 aromatic rings. The van der Waals surface area contributed by atoms with E-state index < -0.39 is 0 Å². The summed E-state index contributed by atoms with van der Waals surface area (Å²) in [7, 11) is 0. The van der Waals surface area contributed by atoms with Gasteiger partial charge >= 0.3 is 0 Å². The van der Waals surface area contributed by atoms with Gasteiger partial charge in [0.05, 0.1) is 0 Å². The summed E-state index contributed by atoms with van der Waals surface area (Å²) >= 11 is 6.29. The van der Waals surface area contributed by atoms with Gasteiger partial charge in [0.25, 0.3) is 0 Å². The van der Waals surface area contributed by atoms with Crippen molar-refractivity contribution in [2.45, 2.75) is 39.7 Å². The molecular weight excluding hydrogens is 278 g/mol. The maximum atomic E-state index is 6.29. The Balaban J connectivity index is 2.22. The molecule has 0 saturated carbocycles. The number of nitrogens with one attached hydrogen (secondary N) is 1. The van der Waals surface area contributed by atoms with E-state index in [0.717, 1.165) is 30.0 Å². The van der Waals surface area contributed by atoms with E-state index in [1.807, 2.05) is 6.92 Å². The summed E-state index contributed by atoms with van der Waals surface area (Å²) in [6, 6.07) is 15.4. The van der Waals surface area contributed by atoms with Gasteiger partial charge in [-0.25, -0.2) is 0 Å². The highest BCUT2D eigenvalue weighted by Gasteiger charge is 2.12. The van der Waals surface area contributed by atoms with E-state index in [4.69, 9.17) is 11.6 Å². The van der Waals surface area contributed by atoms with E-state index in [9.17, 15) is 0 Å². The van der Waals surface area contributed by atoms with Crippen LogP contribution in [0, 0.1) is 13.8 Å². The van der Waals surface area contributed by atoms with Crippen molar-refractivity contribution in [3.8, 4) is 0 Å². The smallest absolute Gasteiger partial charge is 0.0438 e. The van der Waals surface area contributed by atoms with E-state index in [-0.39, 0.29) is 0 Å². The Hall–Kier alpha value is -1.31. The molecule has 0 heterocycles. The zero-order valence-corrected chi connectivity index (χ0v) is 13.9. The van der Waals surface area contributed by atoms with E-state index in [1.54, 1.807) is 0 Å². The second-order valence-corrected chi connectivity index (χ2v) is 6.12. The maximum absolute atomic E-state index is 6.29. The molecule has 1 nitrogen and oxygen atoms in total. The fraction of sp³-hybridized carbons (Fsp3) is 0.368. The van der Waals surface area contributed by atoms with Crippen LogP contribution in [0.5, 0.6) is 0 Å². The standard InChI is InChI=1S/C19H24ClN/c1-4-10-21-19(12-16-7-5-6-14(2)11-16)17-9-8-15(3)18(20)13-17/h5-9,11,13,19,21H,4,10,12H2,1-3H3. The monoisotopic (exact) mass is 301 g/mol. The zero-order chi connectivity index (χ0) is 15.2. The fourth-order valence-electron chi connectivity index (χ4n) is 2.53. The molecular formula is C19H24ClN. The van der Waals surface area contributed by atoms with E-state index in [1.165, 1.54) is 16.7 Å². The third kappa shape index (κ3) is 4.59. The lowest BCUT2D eigenvalue weighted by Gasteiger charge is -2.20. The number of aryl methyl sites for hydroxylation is 2. The molecule has 112 valence electrons. The fourth-order valence-corrected chi connectivity index (χ4v) is 2.72. The van der Waals surface area contributed by atoms with Gasteiger partial charge in [0.2, 0.25) is 0 Å². The lowest BCUT2D eigenvalue weighted by atomic mass is 9.97. The maximum Gasteiger partial charge on any atom is 0.0438 e. The number of halogens is 1. The van der Waals surface area contributed by atoms with Crippen molar-refractivity contribution in [1.82, 2.24) is 5.32 Å². The number of benzene rings is 2. The summed E-state index contributed by atoms with van der Waals surface area (Å²) < 4.78 is 0. The van der Waals surface area contributed by atoms with Gasteiger partial charge in [0, 0.05) is 11.1 Å². The quantitative estimate of drug-likeness (QED) is 0.769. The molecule has 21 heavy (non-hydrogen) atoms. The van der Waals surface area contributed by atoms with Gasteiger partial charge in [-0.2, -0.15) is 0 Å². The predicted octanol–water partition coefficient (Wildman–Crippen LogP) is 5.24. The van der Waals surface area contributed by atoms with Gasteiger partial charge in [0.1, 0.15) is 0 Å². The number of rotatable bonds is 6. The van der Waals surface area contributed by atoms with Gasteiger partial charge in [-0.05, 0) is 56.0 Å². The number of hydrogen-bond donors (Lipinski definition) is 1. The summed E-state index contributed by atoms with van der Waals surface area (Å²) in [6.45, 7) is 7.39. The molecule has 2 heteroatoms. The van der Waals surface area contributed by atoms with Crippen LogP contribution < -0.4 is 5.32 Å². The van der Waals surface area contributed by atoms with Crippen LogP contribution in [0.15, 0.2) is 42.5 Å². The predicted molar refractivity (Wildman–Crippen MR) is 92.1 cm³/mol. The normalized spacial score (nSPS) is 12.4. The summed E-state index contributed by atoms with van der Waals surface area (Å²) in [5, 5.41) is 4.49. The Bertz CT molecular complexity index is 592. The van der Waals surface area contributed by atoms with Crippen LogP contribution in [0.4, 0.5) is 0 Å². The third-order valence-electron chi connectivity index (χ3n) is 3.76. The molecule has 0 spiro atoms. The highest BCUT2D eigenvalue weighted by atomic mass is 35.5. The molecule has 2 rings (SSSR count). The molecule has 1 N–H and O–H groups in total. The molecule has 2 aromatic carbocycles. The Morgan fingerprint density at radius 1 is 1.10 bits per heavy atom. The second kappa shape index (κ2) is 7.63. The first-order valence-corrected chi connectivity index (χ1v) is 8.03. The summed E-state index contributed by atoms with van der Waals surface area (Å²) in [6.07, 6.45) is 2.12. The molecule has 0 radical (unpaired) electrons. The lowest BCUT2D eigenvalue weighted by Crippen LogP contribution is -2.24. The Morgan fingerprint density at radius 2 is 1.90 bits per heavy atom. The van der Waals surface area contributed by atoms with Gasteiger partial charge in [-0.1, -0.05) is 60.5 Å². The molecule has 0 fully saturated rings. The summed E-state index contributed by atoms with van der Waals surface area (Å²) in [5.74, 6) is 0. The van der Waals surface area contributed by atoms with Crippen molar-refractivity contribution in [3.05, 3.63) is 69.7 Å². The van der Waals surface area contributed by atoms with Crippen LogP contribution in [-0.4, -0.2) is 6.54 Å². The highest BCUT2D eigenvalue weighted by molar-refractivity contribution is 6.31. The van der Waals surface area contributed by atoms with Crippen molar-refractivity contribution in [2.24, 2.45) is 0 Å². The second-order valence-electron chi connectivity index (χ2n) is 5.71. The van der Waals surface area contributed by atoms with Crippen LogP contribution in [0.2, 0.25) is 5.02 Å². The van der Waals surface area contributed by atoms with Crippen molar-refractivity contribution < 1.29 is 0 Å². The average Bonchev–Trinajstić information content (AvgIpc) is 2.46. The van der Waals surface area contributed by atoms with E-state index >= 15 is 0 Å². The summed E-state index contributed by atoms with van der Waals surface area (Å²) in [4.78, 5) is 0. The van der Waals surface area contributed by atoms with Crippen LogP contribution in [0.25, 0.3) is 0 Å². The van der Waals surface area contributed by atoms with Gasteiger partial charge in [-0.3, -0.25) is 0 Å². The molecule has 0 bridgehead atoms. The molecule has 0 amide bonds. The molecule has 0 aromatic heterocycles. The minimum Gasteiger partial charge on any atom is -0.310 e. The van der Waals surface area contributed by atoms with Crippen molar-refractivity contribution >= 4 is 11.6 Å². The van der Waals surface area contributed by atoms with Crippen molar-refractivity contribution in [1.29, 1.82) is 0 Å². The van der Waals surface area contributed by atoms with Crippen LogP contribution >= 0.6 is 11.6 Å². The van der Waals surface area contributed by atoms with Crippen LogP contribution in [0.3, 0.4) is 0 Å². The Morgan fingerprint density at radius 3 is 2.57 bits per heavy atom. The van der Waals surface area contributed by atoms with Crippen LogP contribution in [0.1, 0.15) is 41.6 Å². The molecule has 0 saturated heterocycles. The molecule has 0 aliphatic rings. The van der Waals surface area contributed by atoms with E-state index in [2.05, 4.69) is 61.6 Å². The Kier molecular flexibility index (Phi) is 5.84. The van der Waals surface area contributed by atoms with Crippen molar-refractivity contribution in [2.75, 3.05) is 6.54 Å². The first kappa shape index (κ1) is 16.1. The zero-order valence-electron chi connectivity index (χ0n) is 13.1. The SMILES string of the molecule is CCCNC(Cc1cccc(C)c1)c1ccc(C)c(Cl)c1. The Labute approximate surface area is 133 Å². The first-order chi connectivity index (χ1) is 10.1. The van der Waals surface area contributed by atoms with Crippen LogP contribution in [-0.2, 0) is 6.42 Å².